The second kappa shape index (κ2) is 6.51. The number of carbonyl (C=O) groups is 1. The van der Waals surface area contributed by atoms with E-state index in [1.54, 1.807) is 17.0 Å². The van der Waals surface area contributed by atoms with Crippen LogP contribution < -0.4 is 0 Å². The number of piperidine rings is 1. The smallest absolute Gasteiger partial charge is 0.316 e. The number of likely N-dealkylation sites (N-methyl/N-ethyl adjacent to an activating group) is 1. The van der Waals surface area contributed by atoms with E-state index in [0.717, 1.165) is 0 Å². The van der Waals surface area contributed by atoms with Crippen LogP contribution in [0.3, 0.4) is 0 Å². The van der Waals surface area contributed by atoms with Gasteiger partial charge >= 0.3 is 5.97 Å². The summed E-state index contributed by atoms with van der Waals surface area (Å²) >= 11 is 0. The Balaban J connectivity index is 0.00000196. The van der Waals surface area contributed by atoms with E-state index in [1.165, 1.54) is 0 Å². The van der Waals surface area contributed by atoms with Crippen molar-refractivity contribution in [3.8, 4) is 0 Å². The van der Waals surface area contributed by atoms with Gasteiger partial charge in [-0.25, -0.2) is 0 Å². The van der Waals surface area contributed by atoms with Crippen molar-refractivity contribution in [2.75, 3.05) is 13.6 Å². The van der Waals surface area contributed by atoms with Crippen molar-refractivity contribution >= 4 is 23.0 Å². The molecule has 6 atom stereocenters. The average molecular weight is 388 g/mol. The Morgan fingerprint density at radius 3 is 2.61 bits per heavy atom. The molecule has 4 rings (SSSR count). The molecule has 0 spiro atoms. The quantitative estimate of drug-likeness (QED) is 0.481. The van der Waals surface area contributed by atoms with E-state index in [4.69, 9.17) is 13.6 Å². The van der Waals surface area contributed by atoms with Crippen LogP contribution >= 0.6 is 17.0 Å². The molecule has 0 aromatic heterocycles. The number of benzene rings is 1. The first kappa shape index (κ1) is 13.4. The van der Waals surface area contributed by atoms with Crippen molar-refractivity contribution in [1.82, 2.24) is 4.90 Å². The fourth-order valence-electron chi connectivity index (χ4n) is 3.79. The van der Waals surface area contributed by atoms with Crippen molar-refractivity contribution < 1.29 is 23.5 Å². The minimum atomic E-state index is -2.15. The van der Waals surface area contributed by atoms with Gasteiger partial charge in [0.25, 0.3) is 0 Å². The van der Waals surface area contributed by atoms with Crippen LogP contribution in [0, 0.1) is 0 Å². The number of fused-ring (bicyclic) bond motifs is 5. The summed E-state index contributed by atoms with van der Waals surface area (Å²) in [6, 6.07) is 8.56. The van der Waals surface area contributed by atoms with Gasteiger partial charge in [-0.05, 0) is 12.5 Å². The molecule has 0 aliphatic carbocycles. The first-order valence-corrected chi connectivity index (χ1v) is 7.70. The van der Waals surface area contributed by atoms with Crippen LogP contribution in [0.25, 0.3) is 0 Å². The summed E-state index contributed by atoms with van der Waals surface area (Å²) in [5, 5.41) is 9.59. The van der Waals surface area contributed by atoms with Crippen molar-refractivity contribution in [2.45, 2.75) is 49.2 Å². The molecule has 6 heteroatoms. The van der Waals surface area contributed by atoms with E-state index in [1.807, 2.05) is 18.2 Å². The number of ether oxygens (including phenoxy) is 2. The molecule has 5 nitrogen and oxygen atoms in total. The Hall–Kier alpha value is -0.950. The van der Waals surface area contributed by atoms with Gasteiger partial charge in [0.1, 0.15) is 24.2 Å². The molecule has 0 radical (unpaired) electrons. The summed E-state index contributed by atoms with van der Waals surface area (Å²) in [5.74, 6) is -1.18. The van der Waals surface area contributed by atoms with E-state index in [9.17, 15) is 9.90 Å². The highest BCUT2D eigenvalue weighted by molar-refractivity contribution is 8.93. The number of aliphatic hydroxyl groups is 1. The molecule has 1 N–H and O–H groups in total. The lowest BCUT2D eigenvalue weighted by atomic mass is 9.98. The number of hydrogen-bond donors (Lipinski definition) is 1. The molecular formula is C17H22BrNO4. The first-order chi connectivity index (χ1) is 11.9. The van der Waals surface area contributed by atoms with Crippen LogP contribution in [0.1, 0.15) is 28.4 Å². The van der Waals surface area contributed by atoms with Crippen LogP contribution in [0.5, 0.6) is 0 Å². The van der Waals surface area contributed by atoms with Gasteiger partial charge in [0.15, 0.2) is 0 Å². The zero-order valence-corrected chi connectivity index (χ0v) is 14.2. The molecule has 23 heavy (non-hydrogen) atoms. The van der Waals surface area contributed by atoms with E-state index < -0.39 is 18.9 Å². The van der Waals surface area contributed by atoms with Gasteiger partial charge in [-0.2, -0.15) is 0 Å². The molecule has 0 saturated carbocycles. The third-order valence-corrected chi connectivity index (χ3v) is 5.00. The first-order valence-electron chi connectivity index (χ1n) is 9.20. The average Bonchev–Trinajstić information content (AvgIpc) is 3.31. The third-order valence-electron chi connectivity index (χ3n) is 5.00. The molecular weight excluding hydrogens is 363 g/mol. The van der Waals surface area contributed by atoms with Crippen LogP contribution in [0.2, 0.25) is 0 Å². The van der Waals surface area contributed by atoms with Crippen LogP contribution in [0.15, 0.2) is 30.3 Å². The lowest BCUT2D eigenvalue weighted by Crippen LogP contribution is -2.48. The fraction of sp³-hybridized carbons (Fsp3) is 0.588. The van der Waals surface area contributed by atoms with Crippen LogP contribution in [-0.2, 0) is 14.3 Å². The second-order valence-corrected chi connectivity index (χ2v) is 6.28. The molecule has 3 saturated heterocycles. The van der Waals surface area contributed by atoms with Gasteiger partial charge in [-0.1, -0.05) is 30.3 Å². The number of halogens is 1. The molecule has 3 aliphatic rings. The highest BCUT2D eigenvalue weighted by Crippen LogP contribution is 2.48. The molecule has 2 bridgehead atoms. The van der Waals surface area contributed by atoms with Crippen molar-refractivity contribution in [1.29, 1.82) is 0 Å². The number of carbonyl (C=O) groups excluding carboxylic acids is 1. The number of esters is 1. The number of epoxide rings is 1. The Morgan fingerprint density at radius 1 is 1.39 bits per heavy atom. The maximum Gasteiger partial charge on any atom is 0.316 e. The Kier molecular flexibility index (Phi) is 3.78. The van der Waals surface area contributed by atoms with Crippen molar-refractivity contribution in [3.63, 3.8) is 0 Å². The van der Waals surface area contributed by atoms with E-state index in [0.29, 0.717) is 18.4 Å². The molecule has 0 amide bonds. The molecule has 1 aromatic rings. The summed E-state index contributed by atoms with van der Waals surface area (Å²) < 4.78 is 34.4. The largest absolute Gasteiger partial charge is 0.462 e. The monoisotopic (exact) mass is 387 g/mol. The molecule has 3 fully saturated rings. The maximum atomic E-state index is 12.5. The molecule has 3 heterocycles. The third kappa shape index (κ3) is 2.93. The molecule has 3 aliphatic heterocycles. The summed E-state index contributed by atoms with van der Waals surface area (Å²) in [5.41, 5.74) is 0.712. The van der Waals surface area contributed by atoms with E-state index in [2.05, 4.69) is 0 Å². The number of aliphatic hydroxyl groups excluding tert-OH is 1. The zero-order chi connectivity index (χ0) is 17.8. The van der Waals surface area contributed by atoms with Gasteiger partial charge in [0.05, 0.1) is 6.61 Å². The summed E-state index contributed by atoms with van der Waals surface area (Å²) in [6.45, 7) is -2.48. The minimum Gasteiger partial charge on any atom is -0.462 e. The van der Waals surface area contributed by atoms with Gasteiger partial charge in [0.2, 0.25) is 0 Å². The lowest BCUT2D eigenvalue weighted by molar-refractivity contribution is -0.156. The fourth-order valence-corrected chi connectivity index (χ4v) is 3.79. The molecule has 126 valence electrons. The standard InChI is InChI=1S/C17H21NO4.BrH/c1-18-13-7-11(8-14(18)16-15(13)22-16)21-17(20)12(9-19)10-5-3-2-4-6-10;/h2-6,11-16,19H,7-9H2,1H3;1H/t11?,12-,13-,14+,15-,16+;/m1./s1/i1+1D3;. The van der Waals surface area contributed by atoms with Gasteiger partial charge in [-0.3, -0.25) is 9.69 Å². The normalized spacial score (nSPS) is 38.3. The second-order valence-electron chi connectivity index (χ2n) is 6.28. The number of morpholine rings is 1. The lowest BCUT2D eigenvalue weighted by Gasteiger charge is -2.38. The molecule has 1 aromatic carbocycles. The minimum absolute atomic E-state index is 0. The van der Waals surface area contributed by atoms with Gasteiger partial charge in [0, 0.05) is 29.0 Å². The zero-order valence-electron chi connectivity index (χ0n) is 15.5. The number of hydrogen-bond acceptors (Lipinski definition) is 5. The SMILES string of the molecule is Br.[2H][13C]([2H])([2H])N1[C@@H]2CC(OC(=O)[C@H](CO)c3ccccc3)C[C@H]1[C@@H]1O[C@@H]12. The topological polar surface area (TPSA) is 62.3 Å². The van der Waals surface area contributed by atoms with Crippen LogP contribution in [0.4, 0.5) is 0 Å². The Labute approximate surface area is 150 Å². The van der Waals surface area contributed by atoms with E-state index in [-0.39, 0.29) is 54.0 Å². The Morgan fingerprint density at radius 2 is 2.04 bits per heavy atom. The number of rotatable bonds is 4. The predicted molar refractivity (Wildman–Crippen MR) is 89.7 cm³/mol. The summed E-state index contributed by atoms with van der Waals surface area (Å²) in [7, 11) is 0. The van der Waals surface area contributed by atoms with Crippen molar-refractivity contribution in [3.05, 3.63) is 35.9 Å². The van der Waals surface area contributed by atoms with Crippen molar-refractivity contribution in [2.24, 2.45) is 0 Å². The summed E-state index contributed by atoms with van der Waals surface area (Å²) in [6.07, 6.45) is 0.452. The highest BCUT2D eigenvalue weighted by Gasteiger charge is 2.62. The molecule has 1 unspecified atom stereocenters. The van der Waals surface area contributed by atoms with Gasteiger partial charge < -0.3 is 14.6 Å². The Bertz CT molecular complexity index is 641. The van der Waals surface area contributed by atoms with Crippen LogP contribution in [-0.4, -0.2) is 60.0 Å². The van der Waals surface area contributed by atoms with E-state index >= 15 is 0 Å². The summed E-state index contributed by atoms with van der Waals surface area (Å²) in [4.78, 5) is 14.1. The highest BCUT2D eigenvalue weighted by atomic mass is 79.9. The van der Waals surface area contributed by atoms with Gasteiger partial charge in [-0.15, -0.1) is 17.0 Å². The number of nitrogens with zero attached hydrogens (tertiary/aromatic N) is 1. The maximum absolute atomic E-state index is 12.5. The predicted octanol–water partition coefficient (Wildman–Crippen LogP) is 1.50.